The van der Waals surface area contributed by atoms with Crippen molar-refractivity contribution in [1.82, 2.24) is 4.90 Å². The topological polar surface area (TPSA) is 72.9 Å². The van der Waals surface area contributed by atoms with E-state index in [1.165, 1.54) is 7.11 Å². The molecule has 1 unspecified atom stereocenters. The number of methoxy groups -OCH3 is 1. The Morgan fingerprint density at radius 3 is 2.71 bits per heavy atom. The van der Waals surface area contributed by atoms with Crippen LogP contribution in [0.4, 0.5) is 0 Å². The van der Waals surface area contributed by atoms with Crippen LogP contribution in [-0.2, 0) is 24.1 Å². The Morgan fingerprint density at radius 2 is 2.14 bits per heavy atom. The highest BCUT2D eigenvalue weighted by atomic mass is 32.2. The van der Waals surface area contributed by atoms with Gasteiger partial charge in [-0.2, -0.15) is 0 Å². The van der Waals surface area contributed by atoms with Gasteiger partial charge in [-0.1, -0.05) is 6.92 Å². The van der Waals surface area contributed by atoms with E-state index < -0.39 is 9.84 Å². The van der Waals surface area contributed by atoms with Gasteiger partial charge in [0.2, 0.25) is 0 Å². The Hall–Kier alpha value is -0.660. The molecule has 0 aromatic heterocycles. The molecule has 7 heteroatoms. The van der Waals surface area contributed by atoms with E-state index in [1.807, 2.05) is 0 Å². The van der Waals surface area contributed by atoms with Crippen molar-refractivity contribution in [2.75, 3.05) is 44.9 Å². The predicted octanol–water partition coefficient (Wildman–Crippen LogP) is 0.855. The van der Waals surface area contributed by atoms with E-state index in [0.717, 1.165) is 26.0 Å². The molecular weight excluding hydrogens is 294 g/mol. The second-order valence-corrected chi connectivity index (χ2v) is 7.82. The van der Waals surface area contributed by atoms with E-state index in [-0.39, 0.29) is 23.6 Å². The first-order valence-corrected chi connectivity index (χ1v) is 9.40. The van der Waals surface area contributed by atoms with Gasteiger partial charge in [0, 0.05) is 25.4 Å². The summed E-state index contributed by atoms with van der Waals surface area (Å²) in [6.45, 7) is 4.45. The maximum Gasteiger partial charge on any atom is 0.306 e. The second kappa shape index (κ2) is 9.38. The number of nitrogens with zero attached hydrogens (tertiary/aromatic N) is 1. The van der Waals surface area contributed by atoms with E-state index in [0.29, 0.717) is 25.9 Å². The fraction of sp³-hybridized carbons (Fsp3) is 0.929. The molecule has 0 N–H and O–H groups in total. The first-order chi connectivity index (χ1) is 9.96. The van der Waals surface area contributed by atoms with Crippen molar-refractivity contribution >= 4 is 15.8 Å². The number of esters is 1. The monoisotopic (exact) mass is 321 g/mol. The zero-order chi connectivity index (χ0) is 15.7. The predicted molar refractivity (Wildman–Crippen MR) is 81.0 cm³/mol. The van der Waals surface area contributed by atoms with Gasteiger partial charge >= 0.3 is 5.97 Å². The van der Waals surface area contributed by atoms with Crippen molar-refractivity contribution in [2.45, 2.75) is 38.7 Å². The molecule has 0 aromatic carbocycles. The van der Waals surface area contributed by atoms with Crippen molar-refractivity contribution in [1.29, 1.82) is 0 Å². The SMILES string of the molecule is CCS(=O)(=O)CCCN(CCC(=O)OC)CC1CCCO1. The van der Waals surface area contributed by atoms with Gasteiger partial charge in [-0.15, -0.1) is 0 Å². The lowest BCUT2D eigenvalue weighted by Crippen LogP contribution is -2.35. The molecule has 124 valence electrons. The number of carbonyl (C=O) groups is 1. The van der Waals surface area contributed by atoms with E-state index in [9.17, 15) is 13.2 Å². The minimum Gasteiger partial charge on any atom is -0.469 e. The fourth-order valence-corrected chi connectivity index (χ4v) is 3.23. The summed E-state index contributed by atoms with van der Waals surface area (Å²) in [5.74, 6) is 0.137. The number of hydrogen-bond donors (Lipinski definition) is 0. The lowest BCUT2D eigenvalue weighted by Gasteiger charge is -2.24. The summed E-state index contributed by atoms with van der Waals surface area (Å²) in [6.07, 6.45) is 3.21. The highest BCUT2D eigenvalue weighted by Gasteiger charge is 2.20. The number of hydrogen-bond acceptors (Lipinski definition) is 6. The molecule has 1 aliphatic rings. The largest absolute Gasteiger partial charge is 0.469 e. The molecule has 1 aliphatic heterocycles. The van der Waals surface area contributed by atoms with Gasteiger partial charge in [0.1, 0.15) is 9.84 Å². The second-order valence-electron chi connectivity index (χ2n) is 5.35. The molecule has 0 aromatic rings. The van der Waals surface area contributed by atoms with Crippen LogP contribution >= 0.6 is 0 Å². The van der Waals surface area contributed by atoms with Crippen LogP contribution in [0.25, 0.3) is 0 Å². The summed E-state index contributed by atoms with van der Waals surface area (Å²) in [6, 6.07) is 0. The van der Waals surface area contributed by atoms with Gasteiger partial charge < -0.3 is 14.4 Å². The van der Waals surface area contributed by atoms with Crippen LogP contribution < -0.4 is 0 Å². The molecule has 0 radical (unpaired) electrons. The molecule has 0 bridgehead atoms. The van der Waals surface area contributed by atoms with Crippen molar-refractivity contribution < 1.29 is 22.7 Å². The van der Waals surface area contributed by atoms with E-state index in [2.05, 4.69) is 9.64 Å². The smallest absolute Gasteiger partial charge is 0.306 e. The molecule has 1 rings (SSSR count). The minimum atomic E-state index is -2.93. The molecule has 1 heterocycles. The van der Waals surface area contributed by atoms with Gasteiger partial charge in [0.05, 0.1) is 25.4 Å². The van der Waals surface area contributed by atoms with E-state index >= 15 is 0 Å². The summed E-state index contributed by atoms with van der Waals surface area (Å²) in [5, 5.41) is 0. The zero-order valence-electron chi connectivity index (χ0n) is 13.0. The quantitative estimate of drug-likeness (QED) is 0.556. The van der Waals surface area contributed by atoms with Gasteiger partial charge in [-0.25, -0.2) is 8.42 Å². The minimum absolute atomic E-state index is 0.181. The van der Waals surface area contributed by atoms with Gasteiger partial charge in [0.15, 0.2) is 0 Å². The molecule has 0 saturated carbocycles. The summed E-state index contributed by atoms with van der Waals surface area (Å²) >= 11 is 0. The normalized spacial score (nSPS) is 19.1. The van der Waals surface area contributed by atoms with E-state index in [1.54, 1.807) is 6.92 Å². The van der Waals surface area contributed by atoms with Gasteiger partial charge in [-0.3, -0.25) is 4.79 Å². The summed E-state index contributed by atoms with van der Waals surface area (Å²) in [4.78, 5) is 13.4. The highest BCUT2D eigenvalue weighted by molar-refractivity contribution is 7.91. The van der Waals surface area contributed by atoms with Crippen molar-refractivity contribution in [3.8, 4) is 0 Å². The van der Waals surface area contributed by atoms with Crippen LogP contribution in [-0.4, -0.2) is 70.2 Å². The summed E-state index contributed by atoms with van der Waals surface area (Å²) in [7, 11) is -1.55. The Bertz CT molecular complexity index is 404. The Labute approximate surface area is 127 Å². The zero-order valence-corrected chi connectivity index (χ0v) is 13.9. The maximum absolute atomic E-state index is 11.5. The van der Waals surface area contributed by atoms with Crippen LogP contribution in [0.2, 0.25) is 0 Å². The van der Waals surface area contributed by atoms with Crippen LogP contribution in [0.5, 0.6) is 0 Å². The number of rotatable bonds is 10. The average molecular weight is 321 g/mol. The van der Waals surface area contributed by atoms with E-state index in [4.69, 9.17) is 4.74 Å². The van der Waals surface area contributed by atoms with Crippen molar-refractivity contribution in [3.05, 3.63) is 0 Å². The third kappa shape index (κ3) is 7.78. The number of sulfone groups is 1. The third-order valence-corrected chi connectivity index (χ3v) is 5.51. The van der Waals surface area contributed by atoms with Crippen molar-refractivity contribution in [2.24, 2.45) is 0 Å². The molecule has 6 nitrogen and oxygen atoms in total. The molecule has 1 fully saturated rings. The average Bonchev–Trinajstić information content (AvgIpc) is 2.97. The van der Waals surface area contributed by atoms with Crippen LogP contribution in [0.3, 0.4) is 0 Å². The lowest BCUT2D eigenvalue weighted by atomic mass is 10.2. The highest BCUT2D eigenvalue weighted by Crippen LogP contribution is 2.14. The standard InChI is InChI=1S/C14H27NO5S/c1-3-21(17,18)11-5-8-15(9-7-14(16)19-2)12-13-6-4-10-20-13/h13H,3-12H2,1-2H3. The molecule has 0 amide bonds. The van der Waals surface area contributed by atoms with Crippen LogP contribution in [0, 0.1) is 0 Å². The molecular formula is C14H27NO5S. The molecule has 0 spiro atoms. The lowest BCUT2D eigenvalue weighted by molar-refractivity contribution is -0.141. The third-order valence-electron chi connectivity index (χ3n) is 3.72. The Morgan fingerprint density at radius 1 is 1.38 bits per heavy atom. The summed E-state index contributed by atoms with van der Waals surface area (Å²) in [5.41, 5.74) is 0. The fourth-order valence-electron chi connectivity index (χ4n) is 2.37. The van der Waals surface area contributed by atoms with Crippen molar-refractivity contribution in [3.63, 3.8) is 0 Å². The van der Waals surface area contributed by atoms with Gasteiger partial charge in [0.25, 0.3) is 0 Å². The van der Waals surface area contributed by atoms with Crippen LogP contribution in [0.15, 0.2) is 0 Å². The molecule has 1 saturated heterocycles. The Kier molecular flexibility index (Phi) is 8.21. The number of ether oxygens (including phenoxy) is 2. The number of carbonyl (C=O) groups excluding carboxylic acids is 1. The first-order valence-electron chi connectivity index (χ1n) is 7.58. The summed E-state index contributed by atoms with van der Waals surface area (Å²) < 4.78 is 33.3. The first kappa shape index (κ1) is 18.4. The van der Waals surface area contributed by atoms with Gasteiger partial charge in [-0.05, 0) is 25.8 Å². The molecule has 1 atom stereocenters. The Balaban J connectivity index is 2.40. The maximum atomic E-state index is 11.5. The van der Waals surface area contributed by atoms with Crippen LogP contribution in [0.1, 0.15) is 32.6 Å². The molecule has 0 aliphatic carbocycles. The molecule has 21 heavy (non-hydrogen) atoms.